The molecule has 7 heteroatoms. The van der Waals surface area contributed by atoms with Crippen molar-refractivity contribution >= 4 is 17.6 Å². The molecule has 132 valence electrons. The lowest BCUT2D eigenvalue weighted by Gasteiger charge is -2.15. The van der Waals surface area contributed by atoms with Gasteiger partial charge in [0, 0.05) is 6.07 Å². The highest BCUT2D eigenvalue weighted by Crippen LogP contribution is 2.18. The van der Waals surface area contributed by atoms with Gasteiger partial charge in [-0.3, -0.25) is 4.79 Å². The summed E-state index contributed by atoms with van der Waals surface area (Å²) in [6, 6.07) is 8.99. The number of ether oxygens (including phenoxy) is 2. The molecule has 1 atom stereocenters. The summed E-state index contributed by atoms with van der Waals surface area (Å²) in [4.78, 5) is 23.8. The number of hydrogen-bond donors (Lipinski definition) is 1. The van der Waals surface area contributed by atoms with Gasteiger partial charge in [0.25, 0.3) is 5.91 Å². The number of amides is 1. The molecule has 0 aliphatic carbocycles. The van der Waals surface area contributed by atoms with Crippen molar-refractivity contribution in [2.75, 3.05) is 11.9 Å². The predicted molar refractivity (Wildman–Crippen MR) is 87.5 cm³/mol. The van der Waals surface area contributed by atoms with Crippen molar-refractivity contribution < 1.29 is 27.8 Å². The number of esters is 1. The zero-order valence-corrected chi connectivity index (χ0v) is 13.7. The Labute approximate surface area is 143 Å². The summed E-state index contributed by atoms with van der Waals surface area (Å²) >= 11 is 0. The van der Waals surface area contributed by atoms with Gasteiger partial charge in [-0.1, -0.05) is 6.07 Å². The maximum atomic E-state index is 13.6. The van der Waals surface area contributed by atoms with Gasteiger partial charge in [-0.2, -0.15) is 0 Å². The summed E-state index contributed by atoms with van der Waals surface area (Å²) in [6.07, 6.45) is -0.970. The molecule has 1 amide bonds. The van der Waals surface area contributed by atoms with Gasteiger partial charge in [0.05, 0.1) is 17.9 Å². The van der Waals surface area contributed by atoms with Crippen molar-refractivity contribution in [2.45, 2.75) is 20.0 Å². The molecule has 0 fully saturated rings. The fraction of sp³-hybridized carbons (Fsp3) is 0.222. The fourth-order valence-corrected chi connectivity index (χ4v) is 1.99. The van der Waals surface area contributed by atoms with Crippen LogP contribution in [0.15, 0.2) is 42.5 Å². The number of benzene rings is 2. The Hall–Kier alpha value is -2.96. The minimum atomic E-state index is -0.970. The average molecular weight is 349 g/mol. The van der Waals surface area contributed by atoms with Crippen LogP contribution in [-0.2, 0) is 9.53 Å². The summed E-state index contributed by atoms with van der Waals surface area (Å²) in [6.45, 7) is 3.40. The van der Waals surface area contributed by atoms with Crippen molar-refractivity contribution in [3.05, 3.63) is 59.7 Å². The zero-order chi connectivity index (χ0) is 18.4. The van der Waals surface area contributed by atoms with Gasteiger partial charge in [-0.05, 0) is 44.2 Å². The Balaban J connectivity index is 2.03. The highest BCUT2D eigenvalue weighted by molar-refractivity contribution is 5.94. The van der Waals surface area contributed by atoms with Crippen LogP contribution in [0.25, 0.3) is 0 Å². The van der Waals surface area contributed by atoms with Crippen molar-refractivity contribution in [2.24, 2.45) is 0 Å². The molecule has 2 aromatic carbocycles. The Kier molecular flexibility index (Phi) is 6.05. The van der Waals surface area contributed by atoms with Crippen LogP contribution >= 0.6 is 0 Å². The molecule has 0 aliphatic heterocycles. The van der Waals surface area contributed by atoms with E-state index < -0.39 is 29.6 Å². The summed E-state index contributed by atoms with van der Waals surface area (Å²) < 4.78 is 36.8. The van der Waals surface area contributed by atoms with E-state index in [1.165, 1.54) is 13.0 Å². The molecule has 0 aromatic heterocycles. The van der Waals surface area contributed by atoms with E-state index in [1.54, 1.807) is 25.1 Å². The molecule has 0 radical (unpaired) electrons. The third-order valence-corrected chi connectivity index (χ3v) is 3.22. The maximum Gasteiger partial charge on any atom is 0.338 e. The van der Waals surface area contributed by atoms with Crippen LogP contribution in [0.2, 0.25) is 0 Å². The first kappa shape index (κ1) is 18.4. The number of carbonyl (C=O) groups is 2. The Morgan fingerprint density at radius 3 is 2.60 bits per heavy atom. The van der Waals surface area contributed by atoms with Crippen LogP contribution in [0.5, 0.6) is 5.75 Å². The monoisotopic (exact) mass is 349 g/mol. The average Bonchev–Trinajstić information content (AvgIpc) is 2.57. The molecular weight excluding hydrogens is 332 g/mol. The Morgan fingerprint density at radius 2 is 1.92 bits per heavy atom. The number of carbonyl (C=O) groups excluding carboxylic acids is 2. The van der Waals surface area contributed by atoms with E-state index in [0.29, 0.717) is 6.07 Å². The molecule has 0 unspecified atom stereocenters. The van der Waals surface area contributed by atoms with E-state index in [4.69, 9.17) is 9.47 Å². The number of hydrogen-bond acceptors (Lipinski definition) is 4. The van der Waals surface area contributed by atoms with Crippen molar-refractivity contribution in [1.82, 2.24) is 0 Å². The van der Waals surface area contributed by atoms with Gasteiger partial charge in [0.1, 0.15) is 17.4 Å². The first-order chi connectivity index (χ1) is 11.9. The molecule has 0 bridgehead atoms. The lowest BCUT2D eigenvalue weighted by atomic mass is 10.2. The fourth-order valence-electron chi connectivity index (χ4n) is 1.99. The predicted octanol–water partition coefficient (Wildman–Crippen LogP) is 3.55. The minimum Gasteiger partial charge on any atom is -0.481 e. The van der Waals surface area contributed by atoms with Gasteiger partial charge in [0.2, 0.25) is 0 Å². The number of halogens is 2. The number of nitrogens with one attached hydrogen (secondary N) is 1. The molecule has 0 spiro atoms. The Bertz CT molecular complexity index is 779. The third-order valence-electron chi connectivity index (χ3n) is 3.22. The lowest BCUT2D eigenvalue weighted by Crippen LogP contribution is -2.30. The van der Waals surface area contributed by atoms with Gasteiger partial charge >= 0.3 is 5.97 Å². The van der Waals surface area contributed by atoms with E-state index in [2.05, 4.69) is 5.32 Å². The standard InChI is InChI=1S/C18H17F2NO4/c1-3-24-18(23)12-5-4-6-14(9-12)25-11(2)17(22)21-16-8-7-13(19)10-15(16)20/h4-11H,3H2,1-2H3,(H,21,22)/t11-/m0/s1. The summed E-state index contributed by atoms with van der Waals surface area (Å²) in [5, 5.41) is 2.32. The van der Waals surface area contributed by atoms with Crippen LogP contribution < -0.4 is 10.1 Å². The number of rotatable bonds is 6. The summed E-state index contributed by atoms with van der Waals surface area (Å²) in [5.41, 5.74) is 0.138. The Morgan fingerprint density at radius 1 is 1.16 bits per heavy atom. The lowest BCUT2D eigenvalue weighted by molar-refractivity contribution is -0.122. The second kappa shape index (κ2) is 8.23. The molecule has 5 nitrogen and oxygen atoms in total. The first-order valence-electron chi connectivity index (χ1n) is 7.60. The van der Waals surface area contributed by atoms with Crippen molar-refractivity contribution in [3.8, 4) is 5.75 Å². The summed E-state index contributed by atoms with van der Waals surface area (Å²) in [5.74, 6) is -2.46. The molecule has 25 heavy (non-hydrogen) atoms. The second-order valence-electron chi connectivity index (χ2n) is 5.12. The topological polar surface area (TPSA) is 64.6 Å². The molecule has 0 saturated heterocycles. The maximum absolute atomic E-state index is 13.6. The van der Waals surface area contributed by atoms with Gasteiger partial charge in [-0.25, -0.2) is 13.6 Å². The zero-order valence-electron chi connectivity index (χ0n) is 13.7. The van der Waals surface area contributed by atoms with E-state index in [0.717, 1.165) is 12.1 Å². The molecule has 0 heterocycles. The van der Waals surface area contributed by atoms with Gasteiger partial charge in [0.15, 0.2) is 6.10 Å². The van der Waals surface area contributed by atoms with E-state index in [1.807, 2.05) is 0 Å². The molecule has 2 rings (SSSR count). The molecule has 1 N–H and O–H groups in total. The van der Waals surface area contributed by atoms with Crippen molar-refractivity contribution in [1.29, 1.82) is 0 Å². The van der Waals surface area contributed by atoms with Crippen molar-refractivity contribution in [3.63, 3.8) is 0 Å². The second-order valence-corrected chi connectivity index (χ2v) is 5.12. The third kappa shape index (κ3) is 5.00. The van der Waals surface area contributed by atoms with E-state index in [9.17, 15) is 18.4 Å². The smallest absolute Gasteiger partial charge is 0.338 e. The quantitative estimate of drug-likeness (QED) is 0.810. The van der Waals surface area contributed by atoms with Crippen LogP contribution in [0, 0.1) is 11.6 Å². The highest BCUT2D eigenvalue weighted by Gasteiger charge is 2.17. The minimum absolute atomic E-state index is 0.151. The molecule has 0 saturated carbocycles. The van der Waals surface area contributed by atoms with Gasteiger partial charge < -0.3 is 14.8 Å². The highest BCUT2D eigenvalue weighted by atomic mass is 19.1. The van der Waals surface area contributed by atoms with Gasteiger partial charge in [-0.15, -0.1) is 0 Å². The van der Waals surface area contributed by atoms with E-state index in [-0.39, 0.29) is 23.6 Å². The van der Waals surface area contributed by atoms with E-state index >= 15 is 0 Å². The first-order valence-corrected chi connectivity index (χ1v) is 7.60. The summed E-state index contributed by atoms with van der Waals surface area (Å²) in [7, 11) is 0. The normalized spacial score (nSPS) is 11.5. The molecule has 2 aromatic rings. The van der Waals surface area contributed by atoms with Crippen LogP contribution in [0.4, 0.5) is 14.5 Å². The van der Waals surface area contributed by atoms with Crippen LogP contribution in [0.1, 0.15) is 24.2 Å². The largest absolute Gasteiger partial charge is 0.481 e. The number of anilines is 1. The van der Waals surface area contributed by atoms with Crippen LogP contribution in [-0.4, -0.2) is 24.6 Å². The SMILES string of the molecule is CCOC(=O)c1cccc(O[C@@H](C)C(=O)Nc2ccc(F)cc2F)c1. The molecular formula is C18H17F2NO4. The van der Waals surface area contributed by atoms with Crippen LogP contribution in [0.3, 0.4) is 0 Å². The molecule has 0 aliphatic rings.